The third-order valence-electron chi connectivity index (χ3n) is 3.36. The predicted octanol–water partition coefficient (Wildman–Crippen LogP) is 3.67. The van der Waals surface area contributed by atoms with Gasteiger partial charge in [-0.3, -0.25) is 4.99 Å². The van der Waals surface area contributed by atoms with Crippen molar-refractivity contribution in [1.29, 1.82) is 0 Å². The van der Waals surface area contributed by atoms with Gasteiger partial charge in [0, 0.05) is 23.7 Å². The van der Waals surface area contributed by atoms with E-state index in [1.165, 1.54) is 12.1 Å². The molecular weight excluding hydrogens is 267 g/mol. The van der Waals surface area contributed by atoms with Crippen LogP contribution in [0.1, 0.15) is 11.1 Å². The molecule has 3 rings (SSSR count). The largest absolute Gasteiger partial charge is 0.494 e. The Morgan fingerprint density at radius 2 is 2.00 bits per heavy atom. The Bertz CT molecular complexity index is 792. The van der Waals surface area contributed by atoms with Gasteiger partial charge in [-0.1, -0.05) is 30.3 Å². The minimum Gasteiger partial charge on any atom is -0.494 e. The highest BCUT2D eigenvalue weighted by Gasteiger charge is 2.07. The molecule has 0 fully saturated rings. The lowest BCUT2D eigenvalue weighted by atomic mass is 10.1. The summed E-state index contributed by atoms with van der Waals surface area (Å²) in [6.07, 6.45) is 2.32. The lowest BCUT2D eigenvalue weighted by Gasteiger charge is -1.98. The van der Waals surface area contributed by atoms with Gasteiger partial charge in [-0.25, -0.2) is 4.39 Å². The quantitative estimate of drug-likeness (QED) is 0.705. The van der Waals surface area contributed by atoms with Gasteiger partial charge < -0.3 is 10.1 Å². The molecule has 0 saturated carbocycles. The Morgan fingerprint density at radius 3 is 2.86 bits per heavy atom. The number of nitrogens with one attached hydrogen (secondary N) is 1. The van der Waals surface area contributed by atoms with E-state index in [9.17, 15) is 9.50 Å². The second kappa shape index (κ2) is 5.79. The number of halogens is 1. The van der Waals surface area contributed by atoms with Crippen molar-refractivity contribution in [2.24, 2.45) is 4.99 Å². The number of benzene rings is 2. The van der Waals surface area contributed by atoms with Crippen molar-refractivity contribution >= 4 is 17.1 Å². The normalized spacial score (nSPS) is 11.5. The topological polar surface area (TPSA) is 48.4 Å². The van der Waals surface area contributed by atoms with Gasteiger partial charge in [0.25, 0.3) is 0 Å². The van der Waals surface area contributed by atoms with Gasteiger partial charge in [0.2, 0.25) is 0 Å². The van der Waals surface area contributed by atoms with Crippen LogP contribution in [-0.2, 0) is 6.42 Å². The van der Waals surface area contributed by atoms with Crippen LogP contribution in [0.3, 0.4) is 0 Å². The number of fused-ring (bicyclic) bond motifs is 1. The van der Waals surface area contributed by atoms with Crippen LogP contribution in [0.5, 0.6) is 5.88 Å². The molecule has 0 atom stereocenters. The molecule has 3 aromatic rings. The average Bonchev–Trinajstić information content (AvgIpc) is 2.79. The number of hydrogen-bond donors (Lipinski definition) is 2. The van der Waals surface area contributed by atoms with E-state index in [1.807, 2.05) is 30.3 Å². The van der Waals surface area contributed by atoms with Crippen LogP contribution in [0.25, 0.3) is 10.9 Å². The molecule has 2 aromatic carbocycles. The number of aliphatic imine (C=N–C) groups is 1. The maximum Gasteiger partial charge on any atom is 0.198 e. The molecule has 0 unspecified atom stereocenters. The lowest BCUT2D eigenvalue weighted by molar-refractivity contribution is 0.457. The summed E-state index contributed by atoms with van der Waals surface area (Å²) in [4.78, 5) is 7.23. The molecule has 0 aliphatic heterocycles. The predicted molar refractivity (Wildman–Crippen MR) is 82.5 cm³/mol. The van der Waals surface area contributed by atoms with E-state index >= 15 is 0 Å². The van der Waals surface area contributed by atoms with Crippen LogP contribution in [0, 0.1) is 5.82 Å². The van der Waals surface area contributed by atoms with Crippen LogP contribution in [0.4, 0.5) is 4.39 Å². The van der Waals surface area contributed by atoms with E-state index in [-0.39, 0.29) is 11.7 Å². The zero-order valence-electron chi connectivity index (χ0n) is 11.4. The Kier molecular flexibility index (Phi) is 3.69. The number of H-pyrrole nitrogens is 1. The van der Waals surface area contributed by atoms with Gasteiger partial charge in [-0.15, -0.1) is 0 Å². The van der Waals surface area contributed by atoms with Gasteiger partial charge in [0.15, 0.2) is 5.88 Å². The van der Waals surface area contributed by atoms with Gasteiger partial charge in [-0.05, 0) is 30.2 Å². The maximum atomic E-state index is 13.1. The molecule has 0 aliphatic rings. The van der Waals surface area contributed by atoms with Crippen LogP contribution in [0.2, 0.25) is 0 Å². The van der Waals surface area contributed by atoms with E-state index in [1.54, 1.807) is 12.3 Å². The zero-order chi connectivity index (χ0) is 14.7. The summed E-state index contributed by atoms with van der Waals surface area (Å²) in [5.41, 5.74) is 2.47. The molecule has 4 heteroatoms. The first-order chi connectivity index (χ1) is 10.2. The molecule has 1 aromatic heterocycles. The van der Waals surface area contributed by atoms with Gasteiger partial charge in [-0.2, -0.15) is 0 Å². The highest BCUT2D eigenvalue weighted by atomic mass is 19.1. The number of rotatable bonds is 4. The number of aromatic hydroxyl groups is 1. The minimum atomic E-state index is -0.231. The molecule has 0 bridgehead atoms. The Balaban J connectivity index is 1.72. The van der Waals surface area contributed by atoms with Crippen LogP contribution >= 0.6 is 0 Å². The summed E-state index contributed by atoms with van der Waals surface area (Å²) in [6, 6.07) is 14.2. The first-order valence-electron chi connectivity index (χ1n) is 6.78. The van der Waals surface area contributed by atoms with Crippen molar-refractivity contribution in [2.75, 3.05) is 6.54 Å². The highest BCUT2D eigenvalue weighted by molar-refractivity contribution is 6.01. The number of aromatic amines is 1. The molecule has 21 heavy (non-hydrogen) atoms. The van der Waals surface area contributed by atoms with Crippen molar-refractivity contribution in [3.05, 3.63) is 65.5 Å². The summed E-state index contributed by atoms with van der Waals surface area (Å²) in [5.74, 6) is -0.114. The van der Waals surface area contributed by atoms with Crippen molar-refractivity contribution in [3.63, 3.8) is 0 Å². The molecular formula is C17H15FN2O. The molecule has 1 heterocycles. The molecule has 0 spiro atoms. The summed E-state index contributed by atoms with van der Waals surface area (Å²) in [6.45, 7) is 0.544. The van der Waals surface area contributed by atoms with E-state index < -0.39 is 0 Å². The number of aromatic nitrogens is 1. The van der Waals surface area contributed by atoms with E-state index in [4.69, 9.17) is 0 Å². The van der Waals surface area contributed by atoms with Crippen molar-refractivity contribution in [3.8, 4) is 5.88 Å². The average molecular weight is 282 g/mol. The summed E-state index contributed by atoms with van der Waals surface area (Å²) in [5, 5.41) is 10.8. The Labute approximate surface area is 121 Å². The fourth-order valence-corrected chi connectivity index (χ4v) is 2.32. The van der Waals surface area contributed by atoms with E-state index in [2.05, 4.69) is 9.98 Å². The third kappa shape index (κ3) is 2.94. The fraction of sp³-hybridized carbons (Fsp3) is 0.118. The zero-order valence-corrected chi connectivity index (χ0v) is 11.4. The minimum absolute atomic E-state index is 0.116. The third-order valence-corrected chi connectivity index (χ3v) is 3.36. The molecule has 2 N–H and O–H groups in total. The summed E-state index contributed by atoms with van der Waals surface area (Å²) >= 11 is 0. The smallest absolute Gasteiger partial charge is 0.198 e. The first kappa shape index (κ1) is 13.4. The monoisotopic (exact) mass is 282 g/mol. The second-order valence-electron chi connectivity index (χ2n) is 4.85. The molecule has 0 saturated heterocycles. The molecule has 3 nitrogen and oxygen atoms in total. The van der Waals surface area contributed by atoms with Gasteiger partial charge in [0.1, 0.15) is 5.82 Å². The molecule has 0 aliphatic carbocycles. The van der Waals surface area contributed by atoms with Crippen molar-refractivity contribution in [1.82, 2.24) is 4.98 Å². The maximum absolute atomic E-state index is 13.1. The Hall–Kier alpha value is -2.62. The molecule has 0 radical (unpaired) electrons. The van der Waals surface area contributed by atoms with Crippen LogP contribution in [-0.4, -0.2) is 22.8 Å². The second-order valence-corrected chi connectivity index (χ2v) is 4.85. The Morgan fingerprint density at radius 1 is 1.14 bits per heavy atom. The number of hydrogen-bond acceptors (Lipinski definition) is 2. The summed E-state index contributed by atoms with van der Waals surface area (Å²) < 4.78 is 13.1. The SMILES string of the molecule is Oc1[nH]c2ccccc2c1C=NCCc1cccc(F)c1. The van der Waals surface area contributed by atoms with Crippen molar-refractivity contribution in [2.45, 2.75) is 6.42 Å². The van der Waals surface area contributed by atoms with Crippen molar-refractivity contribution < 1.29 is 9.50 Å². The van der Waals surface area contributed by atoms with Crippen LogP contribution < -0.4 is 0 Å². The van der Waals surface area contributed by atoms with Gasteiger partial charge in [0.05, 0.1) is 5.56 Å². The standard InChI is InChI=1S/C17H15FN2O/c18-13-5-3-4-12(10-13)8-9-19-11-15-14-6-1-2-7-16(14)20-17(15)21/h1-7,10-11,20-21H,8-9H2. The van der Waals surface area contributed by atoms with E-state index in [0.717, 1.165) is 16.5 Å². The van der Waals surface area contributed by atoms with Crippen LogP contribution in [0.15, 0.2) is 53.5 Å². The first-order valence-corrected chi connectivity index (χ1v) is 6.78. The fourth-order valence-electron chi connectivity index (χ4n) is 2.32. The van der Waals surface area contributed by atoms with Gasteiger partial charge >= 0.3 is 0 Å². The number of para-hydroxylation sites is 1. The summed E-state index contributed by atoms with van der Waals surface area (Å²) in [7, 11) is 0. The van der Waals surface area contributed by atoms with E-state index in [0.29, 0.717) is 18.5 Å². The molecule has 0 amide bonds. The molecule has 106 valence electrons. The number of nitrogens with zero attached hydrogens (tertiary/aromatic N) is 1. The lowest BCUT2D eigenvalue weighted by Crippen LogP contribution is -1.91. The highest BCUT2D eigenvalue weighted by Crippen LogP contribution is 2.25.